The highest BCUT2D eigenvalue weighted by Gasteiger charge is 2.00. The van der Waals surface area contributed by atoms with Crippen LogP contribution in [0.15, 0.2) is 29.5 Å². The standard InChI is InChI=1S/C13H13N5/c1-9-5-11(3-4-12(9)6-14)7-16-18-8-10(2)17-13(18)15/h3-5,7-8H,1-2H3,(H2,15,17). The van der Waals surface area contributed by atoms with E-state index < -0.39 is 0 Å². The fraction of sp³-hybridized carbons (Fsp3) is 0.154. The van der Waals surface area contributed by atoms with E-state index in [0.29, 0.717) is 11.5 Å². The zero-order valence-electron chi connectivity index (χ0n) is 10.3. The van der Waals surface area contributed by atoms with Crippen molar-refractivity contribution < 1.29 is 0 Å². The van der Waals surface area contributed by atoms with E-state index in [1.54, 1.807) is 18.5 Å². The van der Waals surface area contributed by atoms with Crippen LogP contribution in [0.1, 0.15) is 22.4 Å². The predicted molar refractivity (Wildman–Crippen MR) is 70.3 cm³/mol. The number of imidazole rings is 1. The first-order valence-electron chi connectivity index (χ1n) is 5.46. The smallest absolute Gasteiger partial charge is 0.221 e. The van der Waals surface area contributed by atoms with Crippen molar-refractivity contribution in [3.8, 4) is 6.07 Å². The van der Waals surface area contributed by atoms with Gasteiger partial charge in [-0.05, 0) is 37.1 Å². The van der Waals surface area contributed by atoms with Crippen LogP contribution in [-0.2, 0) is 0 Å². The number of aromatic nitrogens is 2. The molecule has 5 nitrogen and oxygen atoms in total. The molecule has 1 aromatic carbocycles. The van der Waals surface area contributed by atoms with Crippen molar-refractivity contribution in [2.24, 2.45) is 5.10 Å². The quantitative estimate of drug-likeness (QED) is 0.812. The van der Waals surface area contributed by atoms with Crippen molar-refractivity contribution in [2.45, 2.75) is 13.8 Å². The van der Waals surface area contributed by atoms with E-state index in [2.05, 4.69) is 16.2 Å². The van der Waals surface area contributed by atoms with Crippen LogP contribution in [0.3, 0.4) is 0 Å². The lowest BCUT2D eigenvalue weighted by Crippen LogP contribution is -1.97. The Hall–Kier alpha value is -2.61. The Bertz CT molecular complexity index is 646. The lowest BCUT2D eigenvalue weighted by Gasteiger charge is -1.99. The largest absolute Gasteiger partial charge is 0.368 e. The van der Waals surface area contributed by atoms with Gasteiger partial charge >= 0.3 is 0 Å². The first kappa shape index (κ1) is 11.9. The van der Waals surface area contributed by atoms with Crippen molar-refractivity contribution >= 4 is 12.2 Å². The van der Waals surface area contributed by atoms with E-state index in [1.807, 2.05) is 26.0 Å². The van der Waals surface area contributed by atoms with Crippen LogP contribution in [-0.4, -0.2) is 15.9 Å². The molecule has 0 aliphatic rings. The number of nitrogen functional groups attached to an aromatic ring is 1. The monoisotopic (exact) mass is 239 g/mol. The molecule has 2 aromatic rings. The van der Waals surface area contributed by atoms with Crippen molar-refractivity contribution in [2.75, 3.05) is 5.73 Å². The fourth-order valence-corrected chi connectivity index (χ4v) is 1.62. The summed E-state index contributed by atoms with van der Waals surface area (Å²) < 4.78 is 1.52. The molecule has 0 amide bonds. The predicted octanol–water partition coefficient (Wildman–Crippen LogP) is 1.84. The van der Waals surface area contributed by atoms with Gasteiger partial charge in [0.1, 0.15) is 0 Å². The molecule has 0 aliphatic heterocycles. The molecule has 0 fully saturated rings. The minimum absolute atomic E-state index is 0.356. The second-order valence-corrected chi connectivity index (χ2v) is 4.02. The highest BCUT2D eigenvalue weighted by molar-refractivity contribution is 5.80. The van der Waals surface area contributed by atoms with Gasteiger partial charge in [0.2, 0.25) is 5.95 Å². The zero-order valence-corrected chi connectivity index (χ0v) is 10.3. The average Bonchev–Trinajstić information content (AvgIpc) is 2.65. The summed E-state index contributed by atoms with van der Waals surface area (Å²) in [6.07, 6.45) is 3.44. The topological polar surface area (TPSA) is 80.0 Å². The maximum Gasteiger partial charge on any atom is 0.221 e. The van der Waals surface area contributed by atoms with Crippen molar-refractivity contribution in [3.05, 3.63) is 46.8 Å². The minimum atomic E-state index is 0.356. The van der Waals surface area contributed by atoms with Gasteiger partial charge < -0.3 is 5.73 Å². The van der Waals surface area contributed by atoms with E-state index in [1.165, 1.54) is 4.68 Å². The first-order chi connectivity index (χ1) is 8.60. The average molecular weight is 239 g/mol. The van der Waals surface area contributed by atoms with E-state index in [0.717, 1.165) is 16.8 Å². The van der Waals surface area contributed by atoms with Crippen molar-refractivity contribution in [1.29, 1.82) is 5.26 Å². The number of benzene rings is 1. The maximum absolute atomic E-state index is 8.84. The number of aryl methyl sites for hydroxylation is 2. The summed E-state index contributed by atoms with van der Waals surface area (Å²) in [6, 6.07) is 7.65. The van der Waals surface area contributed by atoms with Gasteiger partial charge in [-0.2, -0.15) is 10.4 Å². The molecule has 0 atom stereocenters. The number of anilines is 1. The molecule has 2 rings (SSSR count). The Balaban J connectivity index is 2.27. The highest BCUT2D eigenvalue weighted by Crippen LogP contribution is 2.09. The number of hydrogen-bond acceptors (Lipinski definition) is 4. The molecule has 2 N–H and O–H groups in total. The molecule has 1 aromatic heterocycles. The van der Waals surface area contributed by atoms with Crippen LogP contribution < -0.4 is 5.73 Å². The molecule has 5 heteroatoms. The molecule has 0 bridgehead atoms. The fourth-order valence-electron chi connectivity index (χ4n) is 1.62. The van der Waals surface area contributed by atoms with Gasteiger partial charge in [0.05, 0.1) is 29.7 Å². The zero-order chi connectivity index (χ0) is 13.1. The Labute approximate surface area is 105 Å². The molecule has 0 saturated heterocycles. The van der Waals surface area contributed by atoms with E-state index in [9.17, 15) is 0 Å². The maximum atomic E-state index is 8.84. The summed E-state index contributed by atoms with van der Waals surface area (Å²) in [4.78, 5) is 4.05. The Morgan fingerprint density at radius 2 is 2.22 bits per heavy atom. The third-order valence-electron chi connectivity index (χ3n) is 2.54. The number of nitrogens with zero attached hydrogens (tertiary/aromatic N) is 4. The summed E-state index contributed by atoms with van der Waals surface area (Å²) in [7, 11) is 0. The summed E-state index contributed by atoms with van der Waals surface area (Å²) in [6.45, 7) is 3.75. The summed E-state index contributed by atoms with van der Waals surface area (Å²) in [5, 5.41) is 13.1. The molecular formula is C13H13N5. The second kappa shape index (κ2) is 4.72. The molecular weight excluding hydrogens is 226 g/mol. The lowest BCUT2D eigenvalue weighted by atomic mass is 10.1. The van der Waals surface area contributed by atoms with Gasteiger partial charge in [-0.25, -0.2) is 9.66 Å². The highest BCUT2D eigenvalue weighted by atomic mass is 15.4. The van der Waals surface area contributed by atoms with Gasteiger partial charge in [0.25, 0.3) is 0 Å². The first-order valence-corrected chi connectivity index (χ1v) is 5.46. The minimum Gasteiger partial charge on any atom is -0.368 e. The summed E-state index contributed by atoms with van der Waals surface area (Å²) >= 11 is 0. The third-order valence-corrected chi connectivity index (χ3v) is 2.54. The number of hydrogen-bond donors (Lipinski definition) is 1. The Morgan fingerprint density at radius 1 is 1.44 bits per heavy atom. The summed E-state index contributed by atoms with van der Waals surface area (Å²) in [5.74, 6) is 0.356. The van der Waals surface area contributed by atoms with Crippen LogP contribution >= 0.6 is 0 Å². The summed E-state index contributed by atoms with van der Waals surface area (Å²) in [5.41, 5.74) is 9.01. The number of rotatable bonds is 2. The molecule has 0 saturated carbocycles. The van der Waals surface area contributed by atoms with Gasteiger partial charge in [0, 0.05) is 0 Å². The second-order valence-electron chi connectivity index (χ2n) is 4.02. The van der Waals surface area contributed by atoms with E-state index >= 15 is 0 Å². The van der Waals surface area contributed by atoms with Crippen LogP contribution in [0, 0.1) is 25.2 Å². The van der Waals surface area contributed by atoms with E-state index in [-0.39, 0.29) is 0 Å². The van der Waals surface area contributed by atoms with Gasteiger partial charge in [-0.15, -0.1) is 0 Å². The van der Waals surface area contributed by atoms with Crippen molar-refractivity contribution in [3.63, 3.8) is 0 Å². The van der Waals surface area contributed by atoms with Crippen molar-refractivity contribution in [1.82, 2.24) is 9.66 Å². The van der Waals surface area contributed by atoms with Crippen LogP contribution in [0.4, 0.5) is 5.95 Å². The molecule has 0 unspecified atom stereocenters. The van der Waals surface area contributed by atoms with Gasteiger partial charge in [-0.3, -0.25) is 0 Å². The SMILES string of the molecule is Cc1cn(N=Cc2ccc(C#N)c(C)c2)c(N)n1. The third kappa shape index (κ3) is 2.38. The Kier molecular flexibility index (Phi) is 3.11. The van der Waals surface area contributed by atoms with E-state index in [4.69, 9.17) is 11.0 Å². The van der Waals surface area contributed by atoms with Crippen LogP contribution in [0.2, 0.25) is 0 Å². The molecule has 18 heavy (non-hydrogen) atoms. The molecule has 1 heterocycles. The van der Waals surface area contributed by atoms with Gasteiger partial charge in [-0.1, -0.05) is 6.07 Å². The van der Waals surface area contributed by atoms with Crippen LogP contribution in [0.25, 0.3) is 0 Å². The Morgan fingerprint density at radius 3 is 2.78 bits per heavy atom. The number of nitrogens with two attached hydrogens (primary N) is 1. The number of nitriles is 1. The molecule has 90 valence electrons. The molecule has 0 aliphatic carbocycles. The molecule has 0 spiro atoms. The van der Waals surface area contributed by atoms with Crippen LogP contribution in [0.5, 0.6) is 0 Å². The van der Waals surface area contributed by atoms with Gasteiger partial charge in [0.15, 0.2) is 0 Å². The molecule has 0 radical (unpaired) electrons. The normalized spacial score (nSPS) is 10.7. The lowest BCUT2D eigenvalue weighted by molar-refractivity contribution is 0.897.